The molecule has 104 valence electrons. The first-order valence-electron chi connectivity index (χ1n) is 6.21. The minimum absolute atomic E-state index is 0.0360. The molecular weight excluding hydrogens is 314 g/mol. The van der Waals surface area contributed by atoms with Gasteiger partial charge in [0.2, 0.25) is 0 Å². The molecule has 6 nitrogen and oxygen atoms in total. The number of pyridine rings is 1. The molecule has 0 radical (unpaired) electrons. The maximum absolute atomic E-state index is 10.6. The molecule has 1 fully saturated rings. The van der Waals surface area contributed by atoms with E-state index in [-0.39, 0.29) is 17.7 Å². The summed E-state index contributed by atoms with van der Waals surface area (Å²) in [4.78, 5) is 14.2. The minimum Gasteiger partial charge on any atom is -0.396 e. The summed E-state index contributed by atoms with van der Waals surface area (Å²) in [6, 6.07) is 1.44. The Balaban J connectivity index is 2.01. The van der Waals surface area contributed by atoms with E-state index in [1.165, 1.54) is 18.7 Å². The summed E-state index contributed by atoms with van der Waals surface area (Å²) in [6.45, 7) is 0.924. The van der Waals surface area contributed by atoms with Gasteiger partial charge in [-0.15, -0.1) is 0 Å². The average Bonchev–Trinajstić information content (AvgIpc) is 2.33. The normalized spacial score (nSPS) is 16.7. The Labute approximate surface area is 119 Å². The van der Waals surface area contributed by atoms with Gasteiger partial charge in [-0.05, 0) is 40.6 Å². The molecule has 1 heterocycles. The van der Waals surface area contributed by atoms with E-state index < -0.39 is 4.92 Å². The van der Waals surface area contributed by atoms with E-state index in [9.17, 15) is 10.1 Å². The molecule has 2 N–H and O–H groups in total. The van der Waals surface area contributed by atoms with Crippen LogP contribution in [-0.4, -0.2) is 28.2 Å². The number of aromatic nitrogens is 1. The highest BCUT2D eigenvalue weighted by Gasteiger charge is 2.36. The third kappa shape index (κ3) is 3.22. The number of hydrogen-bond acceptors (Lipinski definition) is 5. The summed E-state index contributed by atoms with van der Waals surface area (Å²) in [5.41, 5.74) is 0.114. The Bertz CT molecular complexity index is 477. The first-order chi connectivity index (χ1) is 9.06. The Morgan fingerprint density at radius 1 is 1.58 bits per heavy atom. The van der Waals surface area contributed by atoms with Gasteiger partial charge in [0.1, 0.15) is 12.0 Å². The van der Waals surface area contributed by atoms with E-state index in [4.69, 9.17) is 5.11 Å². The van der Waals surface area contributed by atoms with Gasteiger partial charge in [0.25, 0.3) is 5.69 Å². The van der Waals surface area contributed by atoms with Crippen LogP contribution in [0, 0.1) is 15.5 Å². The van der Waals surface area contributed by atoms with Crippen molar-refractivity contribution in [1.29, 1.82) is 0 Å². The maximum atomic E-state index is 10.6. The lowest BCUT2D eigenvalue weighted by Gasteiger charge is -2.42. The molecular formula is C12H16BrN3O3. The van der Waals surface area contributed by atoms with Gasteiger partial charge in [0.15, 0.2) is 0 Å². The highest BCUT2D eigenvalue weighted by molar-refractivity contribution is 9.10. The van der Waals surface area contributed by atoms with E-state index in [2.05, 4.69) is 26.2 Å². The van der Waals surface area contributed by atoms with Crippen molar-refractivity contribution >= 4 is 27.4 Å². The largest absolute Gasteiger partial charge is 0.396 e. The van der Waals surface area contributed by atoms with Gasteiger partial charge in [-0.3, -0.25) is 10.1 Å². The summed E-state index contributed by atoms with van der Waals surface area (Å²) in [6.07, 6.45) is 5.42. The lowest BCUT2D eigenvalue weighted by Crippen LogP contribution is -2.37. The minimum atomic E-state index is -0.472. The second kappa shape index (κ2) is 5.83. The molecule has 0 bridgehead atoms. The zero-order valence-electron chi connectivity index (χ0n) is 10.4. The van der Waals surface area contributed by atoms with Crippen LogP contribution in [0.25, 0.3) is 0 Å². The van der Waals surface area contributed by atoms with Crippen LogP contribution in [0.4, 0.5) is 11.5 Å². The lowest BCUT2D eigenvalue weighted by molar-refractivity contribution is -0.385. The molecule has 1 aliphatic rings. The highest BCUT2D eigenvalue weighted by atomic mass is 79.9. The quantitative estimate of drug-likeness (QED) is 0.618. The SMILES string of the molecule is O=[N+]([O-])c1cnc(NCC2(CCO)CCC2)c(Br)c1. The van der Waals surface area contributed by atoms with E-state index in [0.717, 1.165) is 25.8 Å². The Morgan fingerprint density at radius 2 is 2.32 bits per heavy atom. The van der Waals surface area contributed by atoms with Crippen molar-refractivity contribution in [3.63, 3.8) is 0 Å². The highest BCUT2D eigenvalue weighted by Crippen LogP contribution is 2.44. The number of anilines is 1. The van der Waals surface area contributed by atoms with Crippen LogP contribution in [0.2, 0.25) is 0 Å². The zero-order valence-corrected chi connectivity index (χ0v) is 12.0. The fourth-order valence-electron chi connectivity index (χ4n) is 2.36. The Hall–Kier alpha value is -1.21. The average molecular weight is 330 g/mol. The fraction of sp³-hybridized carbons (Fsp3) is 0.583. The Morgan fingerprint density at radius 3 is 2.79 bits per heavy atom. The number of nitrogens with zero attached hydrogens (tertiary/aromatic N) is 2. The molecule has 0 aromatic carbocycles. The number of nitrogens with one attached hydrogen (secondary N) is 1. The van der Waals surface area contributed by atoms with E-state index in [0.29, 0.717) is 10.3 Å². The van der Waals surface area contributed by atoms with Gasteiger partial charge in [-0.2, -0.15) is 0 Å². The number of rotatable bonds is 6. The summed E-state index contributed by atoms with van der Waals surface area (Å²) >= 11 is 3.28. The van der Waals surface area contributed by atoms with Crippen LogP contribution in [0.1, 0.15) is 25.7 Å². The van der Waals surface area contributed by atoms with Crippen LogP contribution in [0.15, 0.2) is 16.7 Å². The van der Waals surface area contributed by atoms with Crippen molar-refractivity contribution in [2.24, 2.45) is 5.41 Å². The van der Waals surface area contributed by atoms with Crippen molar-refractivity contribution in [3.05, 3.63) is 26.9 Å². The first kappa shape index (κ1) is 14.2. The van der Waals surface area contributed by atoms with Crippen molar-refractivity contribution < 1.29 is 10.0 Å². The standard InChI is InChI=1S/C12H16BrN3O3/c13-10-6-9(16(18)19)7-14-11(10)15-8-12(4-5-17)2-1-3-12/h6-7,17H,1-5,8H2,(H,14,15). The molecule has 1 aromatic rings. The van der Waals surface area contributed by atoms with Crippen LogP contribution >= 0.6 is 15.9 Å². The summed E-state index contributed by atoms with van der Waals surface area (Å²) in [5.74, 6) is 0.606. The van der Waals surface area contributed by atoms with Gasteiger partial charge >= 0.3 is 0 Å². The third-order valence-electron chi connectivity index (χ3n) is 3.72. The fourth-order valence-corrected chi connectivity index (χ4v) is 2.84. The molecule has 19 heavy (non-hydrogen) atoms. The predicted molar refractivity (Wildman–Crippen MR) is 75.1 cm³/mol. The molecule has 2 rings (SSSR count). The predicted octanol–water partition coefficient (Wildman–Crippen LogP) is 2.72. The smallest absolute Gasteiger partial charge is 0.288 e. The van der Waals surface area contributed by atoms with Crippen molar-refractivity contribution in [2.75, 3.05) is 18.5 Å². The molecule has 0 amide bonds. The number of aliphatic hydroxyl groups is 1. The molecule has 0 saturated heterocycles. The topological polar surface area (TPSA) is 88.3 Å². The van der Waals surface area contributed by atoms with Gasteiger partial charge in [-0.1, -0.05) is 6.42 Å². The van der Waals surface area contributed by atoms with E-state index in [1.54, 1.807) is 0 Å². The monoisotopic (exact) mass is 329 g/mol. The summed E-state index contributed by atoms with van der Waals surface area (Å²) in [7, 11) is 0. The number of aliphatic hydroxyl groups excluding tert-OH is 1. The van der Waals surface area contributed by atoms with Gasteiger partial charge in [-0.25, -0.2) is 4.98 Å². The number of nitro groups is 1. The lowest BCUT2D eigenvalue weighted by atomic mass is 9.67. The molecule has 1 saturated carbocycles. The number of halogens is 1. The molecule has 0 atom stereocenters. The van der Waals surface area contributed by atoms with Crippen molar-refractivity contribution in [1.82, 2.24) is 4.98 Å². The third-order valence-corrected chi connectivity index (χ3v) is 4.33. The maximum Gasteiger partial charge on any atom is 0.288 e. The molecule has 0 aliphatic heterocycles. The Kier molecular flexibility index (Phi) is 4.36. The van der Waals surface area contributed by atoms with Gasteiger partial charge < -0.3 is 10.4 Å². The van der Waals surface area contributed by atoms with Crippen LogP contribution in [0.5, 0.6) is 0 Å². The van der Waals surface area contributed by atoms with E-state index in [1.807, 2.05) is 0 Å². The first-order valence-corrected chi connectivity index (χ1v) is 7.00. The molecule has 0 unspecified atom stereocenters. The summed E-state index contributed by atoms with van der Waals surface area (Å²) in [5, 5.41) is 22.9. The van der Waals surface area contributed by atoms with Crippen LogP contribution in [0.3, 0.4) is 0 Å². The van der Waals surface area contributed by atoms with Gasteiger partial charge in [0.05, 0.1) is 9.40 Å². The molecule has 0 spiro atoms. The molecule has 1 aromatic heterocycles. The van der Waals surface area contributed by atoms with Crippen molar-refractivity contribution in [2.45, 2.75) is 25.7 Å². The number of hydrogen-bond donors (Lipinski definition) is 2. The zero-order chi connectivity index (χ0) is 13.9. The van der Waals surface area contributed by atoms with E-state index >= 15 is 0 Å². The second-order valence-corrected chi connectivity index (χ2v) is 5.82. The molecule has 1 aliphatic carbocycles. The van der Waals surface area contributed by atoms with Gasteiger partial charge in [0, 0.05) is 19.2 Å². The van der Waals surface area contributed by atoms with Crippen LogP contribution < -0.4 is 5.32 Å². The summed E-state index contributed by atoms with van der Waals surface area (Å²) < 4.78 is 0.583. The van der Waals surface area contributed by atoms with Crippen molar-refractivity contribution in [3.8, 4) is 0 Å². The second-order valence-electron chi connectivity index (χ2n) is 4.96. The molecule has 7 heteroatoms. The van der Waals surface area contributed by atoms with Crippen LogP contribution in [-0.2, 0) is 0 Å².